The molecule has 6 nitrogen and oxygen atoms in total. The van der Waals surface area contributed by atoms with Crippen LogP contribution in [0.25, 0.3) is 0 Å². The van der Waals surface area contributed by atoms with Gasteiger partial charge in [-0.15, -0.1) is 0 Å². The normalized spacial score (nSPS) is 11.6. The molecule has 21 heavy (non-hydrogen) atoms. The fourth-order valence-corrected chi connectivity index (χ4v) is 2.00. The van der Waals surface area contributed by atoms with Crippen LogP contribution in [0.1, 0.15) is 30.1 Å². The smallest absolute Gasteiger partial charge is 0.325 e. The zero-order valence-electron chi connectivity index (χ0n) is 11.7. The first-order valence-electron chi connectivity index (χ1n) is 6.24. The molecule has 1 atom stereocenters. The van der Waals surface area contributed by atoms with Crippen LogP contribution in [0.2, 0.25) is 0 Å². The molecule has 0 aromatic heterocycles. The summed E-state index contributed by atoms with van der Waals surface area (Å²) in [5.41, 5.74) is 0.381. The second kappa shape index (κ2) is 7.78. The van der Waals surface area contributed by atoms with Gasteiger partial charge in [0.25, 0.3) is 0 Å². The SMILES string of the molecule is COc1ccc(Br)cc1C(=O)CCC(=O)N[C@H](C)C(=O)O. The maximum absolute atomic E-state index is 12.1. The number of benzene rings is 1. The molecule has 2 N–H and O–H groups in total. The maximum Gasteiger partial charge on any atom is 0.325 e. The quantitative estimate of drug-likeness (QED) is 0.728. The van der Waals surface area contributed by atoms with Gasteiger partial charge >= 0.3 is 5.97 Å². The molecule has 0 spiro atoms. The molecule has 0 aliphatic heterocycles. The minimum atomic E-state index is -1.12. The first kappa shape index (κ1) is 17.2. The number of carbonyl (C=O) groups excluding carboxylic acids is 2. The number of nitrogens with one attached hydrogen (secondary N) is 1. The van der Waals surface area contributed by atoms with Gasteiger partial charge in [-0.3, -0.25) is 14.4 Å². The first-order chi connectivity index (χ1) is 9.85. The van der Waals surface area contributed by atoms with Crippen LogP contribution < -0.4 is 10.1 Å². The Morgan fingerprint density at radius 3 is 2.57 bits per heavy atom. The molecule has 0 fully saturated rings. The predicted molar refractivity (Wildman–Crippen MR) is 79.5 cm³/mol. The van der Waals surface area contributed by atoms with Crippen LogP contribution in [0.4, 0.5) is 0 Å². The standard InChI is InChI=1S/C14H16BrNO5/c1-8(14(19)20)16-13(18)6-4-11(17)10-7-9(15)3-5-12(10)21-2/h3,5,7-8H,4,6H2,1-2H3,(H,16,18)(H,19,20)/t8-/m1/s1. The van der Waals surface area contributed by atoms with Gasteiger partial charge in [0.1, 0.15) is 11.8 Å². The molecule has 0 unspecified atom stereocenters. The molecule has 0 aliphatic carbocycles. The molecule has 0 aliphatic rings. The summed E-state index contributed by atoms with van der Waals surface area (Å²) >= 11 is 3.27. The highest BCUT2D eigenvalue weighted by Gasteiger charge is 2.17. The minimum Gasteiger partial charge on any atom is -0.496 e. The number of methoxy groups -OCH3 is 1. The van der Waals surface area contributed by atoms with E-state index in [9.17, 15) is 14.4 Å². The zero-order chi connectivity index (χ0) is 16.0. The fourth-order valence-electron chi connectivity index (χ4n) is 1.64. The Morgan fingerprint density at radius 2 is 2.00 bits per heavy atom. The Kier molecular flexibility index (Phi) is 6.36. The van der Waals surface area contributed by atoms with E-state index in [4.69, 9.17) is 9.84 Å². The number of carboxylic acid groups (broad SMARTS) is 1. The number of hydrogen-bond acceptors (Lipinski definition) is 4. The van der Waals surface area contributed by atoms with Gasteiger partial charge in [-0.05, 0) is 25.1 Å². The van der Waals surface area contributed by atoms with Gasteiger partial charge in [-0.1, -0.05) is 15.9 Å². The number of hydrogen-bond donors (Lipinski definition) is 2. The Labute approximate surface area is 130 Å². The monoisotopic (exact) mass is 357 g/mol. The van der Waals surface area contributed by atoms with Crippen molar-refractivity contribution in [2.24, 2.45) is 0 Å². The topological polar surface area (TPSA) is 92.7 Å². The van der Waals surface area contributed by atoms with E-state index in [0.29, 0.717) is 11.3 Å². The second-order valence-electron chi connectivity index (χ2n) is 4.40. The van der Waals surface area contributed by atoms with Crippen molar-refractivity contribution in [2.45, 2.75) is 25.8 Å². The third-order valence-corrected chi connectivity index (χ3v) is 3.28. The lowest BCUT2D eigenvalue weighted by Crippen LogP contribution is -2.38. The van der Waals surface area contributed by atoms with Gasteiger partial charge in [0.2, 0.25) is 5.91 Å². The molecular formula is C14H16BrNO5. The van der Waals surface area contributed by atoms with Crippen LogP contribution >= 0.6 is 15.9 Å². The number of Topliss-reactive ketones (excluding diaryl/α,β-unsaturated/α-hetero) is 1. The fraction of sp³-hybridized carbons (Fsp3) is 0.357. The summed E-state index contributed by atoms with van der Waals surface area (Å²) in [5.74, 6) is -1.41. The number of amides is 1. The van der Waals surface area contributed by atoms with Crippen molar-refractivity contribution in [2.75, 3.05) is 7.11 Å². The van der Waals surface area contributed by atoms with Crippen LogP contribution in [0.5, 0.6) is 5.75 Å². The van der Waals surface area contributed by atoms with E-state index in [1.165, 1.54) is 14.0 Å². The molecule has 1 amide bonds. The Hall–Kier alpha value is -1.89. The third-order valence-electron chi connectivity index (χ3n) is 2.79. The Morgan fingerprint density at radius 1 is 1.33 bits per heavy atom. The van der Waals surface area contributed by atoms with Gasteiger partial charge in [0.15, 0.2) is 5.78 Å². The average molecular weight is 358 g/mol. The molecule has 0 heterocycles. The zero-order valence-corrected chi connectivity index (χ0v) is 13.3. The number of halogens is 1. The summed E-state index contributed by atoms with van der Waals surface area (Å²) in [6.07, 6.45) is -0.100. The van der Waals surface area contributed by atoms with E-state index in [1.54, 1.807) is 18.2 Å². The van der Waals surface area contributed by atoms with E-state index < -0.39 is 17.9 Å². The third kappa shape index (κ3) is 5.18. The van der Waals surface area contributed by atoms with Crippen molar-refractivity contribution in [3.05, 3.63) is 28.2 Å². The molecule has 1 aromatic carbocycles. The number of rotatable bonds is 7. The minimum absolute atomic E-state index is 0.0228. The van der Waals surface area contributed by atoms with Crippen LogP contribution in [0, 0.1) is 0 Å². The van der Waals surface area contributed by atoms with E-state index in [0.717, 1.165) is 4.47 Å². The highest BCUT2D eigenvalue weighted by Crippen LogP contribution is 2.24. The number of carbonyl (C=O) groups is 3. The van der Waals surface area contributed by atoms with Crippen molar-refractivity contribution in [1.29, 1.82) is 0 Å². The molecule has 1 rings (SSSR count). The number of carboxylic acids is 1. The largest absolute Gasteiger partial charge is 0.496 e. The summed E-state index contributed by atoms with van der Waals surface area (Å²) in [7, 11) is 1.46. The maximum atomic E-state index is 12.1. The van der Waals surface area contributed by atoms with Crippen molar-refractivity contribution in [1.82, 2.24) is 5.32 Å². The Balaban J connectivity index is 2.64. The number of ketones is 1. The molecule has 0 saturated carbocycles. The summed E-state index contributed by atoms with van der Waals surface area (Å²) in [6.45, 7) is 1.36. The average Bonchev–Trinajstić information content (AvgIpc) is 2.44. The van der Waals surface area contributed by atoms with Crippen molar-refractivity contribution < 1.29 is 24.2 Å². The number of ether oxygens (including phenoxy) is 1. The molecule has 0 radical (unpaired) electrons. The number of aliphatic carboxylic acids is 1. The van der Waals surface area contributed by atoms with E-state index in [-0.39, 0.29) is 18.6 Å². The van der Waals surface area contributed by atoms with Crippen LogP contribution in [0.3, 0.4) is 0 Å². The lowest BCUT2D eigenvalue weighted by atomic mass is 10.1. The molecular weight excluding hydrogens is 342 g/mol. The van der Waals surface area contributed by atoms with Crippen molar-refractivity contribution >= 4 is 33.6 Å². The highest BCUT2D eigenvalue weighted by atomic mass is 79.9. The molecule has 0 saturated heterocycles. The first-order valence-corrected chi connectivity index (χ1v) is 7.03. The second-order valence-corrected chi connectivity index (χ2v) is 5.31. The predicted octanol–water partition coefficient (Wildman–Crippen LogP) is 2.01. The molecule has 114 valence electrons. The summed E-state index contributed by atoms with van der Waals surface area (Å²) in [6, 6.07) is 4.05. The van der Waals surface area contributed by atoms with Gasteiger partial charge in [0, 0.05) is 17.3 Å². The van der Waals surface area contributed by atoms with E-state index in [1.807, 2.05) is 0 Å². The summed E-state index contributed by atoms with van der Waals surface area (Å²) < 4.78 is 5.84. The Bertz CT molecular complexity index is 558. The molecule has 7 heteroatoms. The van der Waals surface area contributed by atoms with Crippen molar-refractivity contribution in [3.8, 4) is 5.75 Å². The van der Waals surface area contributed by atoms with Crippen LogP contribution in [-0.2, 0) is 9.59 Å². The van der Waals surface area contributed by atoms with E-state index >= 15 is 0 Å². The van der Waals surface area contributed by atoms with Gasteiger partial charge < -0.3 is 15.2 Å². The summed E-state index contributed by atoms with van der Waals surface area (Å²) in [4.78, 5) is 34.3. The van der Waals surface area contributed by atoms with E-state index in [2.05, 4.69) is 21.2 Å². The lowest BCUT2D eigenvalue weighted by Gasteiger charge is -2.10. The van der Waals surface area contributed by atoms with Gasteiger partial charge in [-0.25, -0.2) is 0 Å². The van der Waals surface area contributed by atoms with Crippen LogP contribution in [0.15, 0.2) is 22.7 Å². The van der Waals surface area contributed by atoms with Crippen LogP contribution in [-0.4, -0.2) is 35.9 Å². The highest BCUT2D eigenvalue weighted by molar-refractivity contribution is 9.10. The summed E-state index contributed by atoms with van der Waals surface area (Å²) in [5, 5.41) is 11.0. The molecule has 1 aromatic rings. The van der Waals surface area contributed by atoms with Gasteiger partial charge in [0.05, 0.1) is 12.7 Å². The molecule has 0 bridgehead atoms. The van der Waals surface area contributed by atoms with Crippen molar-refractivity contribution in [3.63, 3.8) is 0 Å². The lowest BCUT2D eigenvalue weighted by molar-refractivity contribution is -0.141. The van der Waals surface area contributed by atoms with Gasteiger partial charge in [-0.2, -0.15) is 0 Å².